The van der Waals surface area contributed by atoms with Gasteiger partial charge in [-0.15, -0.1) is 11.3 Å². The van der Waals surface area contributed by atoms with Gasteiger partial charge >= 0.3 is 0 Å². The van der Waals surface area contributed by atoms with E-state index in [0.717, 1.165) is 10.4 Å². The number of carbonyl (C=O) groups is 1. The third-order valence-corrected chi connectivity index (χ3v) is 4.46. The summed E-state index contributed by atoms with van der Waals surface area (Å²) in [6.07, 6.45) is 0.447. The monoisotopic (exact) mass is 304 g/mol. The lowest BCUT2D eigenvalue weighted by atomic mass is 10.1. The van der Waals surface area contributed by atoms with Crippen LogP contribution >= 0.6 is 11.3 Å². The van der Waals surface area contributed by atoms with Crippen molar-refractivity contribution in [3.05, 3.63) is 51.7 Å². The zero-order chi connectivity index (χ0) is 15.4. The lowest BCUT2D eigenvalue weighted by Crippen LogP contribution is -2.42. The van der Waals surface area contributed by atoms with Crippen molar-refractivity contribution in [3.63, 3.8) is 0 Å². The predicted molar refractivity (Wildman–Crippen MR) is 85.4 cm³/mol. The zero-order valence-electron chi connectivity index (χ0n) is 12.2. The van der Waals surface area contributed by atoms with Crippen molar-refractivity contribution < 1.29 is 9.90 Å². The number of nitrogens with one attached hydrogen (secondary N) is 1. The summed E-state index contributed by atoms with van der Waals surface area (Å²) in [5, 5.41) is 12.2. The summed E-state index contributed by atoms with van der Waals surface area (Å²) in [7, 11) is 0. The van der Waals surface area contributed by atoms with Gasteiger partial charge in [0.1, 0.15) is 5.75 Å². The van der Waals surface area contributed by atoms with E-state index in [-0.39, 0.29) is 17.7 Å². The number of amides is 1. The summed E-state index contributed by atoms with van der Waals surface area (Å²) in [5.41, 5.74) is 6.87. The number of phenols is 1. The van der Waals surface area contributed by atoms with E-state index in [2.05, 4.69) is 5.32 Å². The van der Waals surface area contributed by atoms with Crippen LogP contribution < -0.4 is 11.1 Å². The van der Waals surface area contributed by atoms with Gasteiger partial charge in [-0.05, 0) is 50.1 Å². The molecule has 1 aromatic carbocycles. The SMILES string of the molecule is Cc1ccc(C(C)NC(=O)[C@@H](N)Cc2ccc(O)cc2)s1. The molecule has 112 valence electrons. The van der Waals surface area contributed by atoms with Crippen LogP contribution in [0.1, 0.15) is 28.3 Å². The number of carbonyl (C=O) groups excluding carboxylic acids is 1. The average molecular weight is 304 g/mol. The molecule has 0 aliphatic carbocycles. The Morgan fingerprint density at radius 2 is 1.95 bits per heavy atom. The second-order valence-electron chi connectivity index (χ2n) is 5.16. The van der Waals surface area contributed by atoms with E-state index in [0.29, 0.717) is 6.42 Å². The molecule has 0 spiro atoms. The van der Waals surface area contributed by atoms with Crippen LogP contribution in [0.2, 0.25) is 0 Å². The van der Waals surface area contributed by atoms with Gasteiger partial charge in [0.25, 0.3) is 0 Å². The van der Waals surface area contributed by atoms with Crippen molar-refractivity contribution in [2.24, 2.45) is 5.73 Å². The molecule has 5 heteroatoms. The number of hydrogen-bond donors (Lipinski definition) is 3. The highest BCUT2D eigenvalue weighted by atomic mass is 32.1. The highest BCUT2D eigenvalue weighted by molar-refractivity contribution is 7.12. The summed E-state index contributed by atoms with van der Waals surface area (Å²) in [5.74, 6) is 0.0417. The molecule has 2 aromatic rings. The van der Waals surface area contributed by atoms with E-state index in [4.69, 9.17) is 5.73 Å². The Morgan fingerprint density at radius 1 is 1.29 bits per heavy atom. The van der Waals surface area contributed by atoms with Gasteiger partial charge in [-0.25, -0.2) is 0 Å². The van der Waals surface area contributed by atoms with Crippen LogP contribution in [-0.4, -0.2) is 17.1 Å². The zero-order valence-corrected chi connectivity index (χ0v) is 13.0. The van der Waals surface area contributed by atoms with Crippen LogP contribution in [0.5, 0.6) is 5.75 Å². The molecule has 0 saturated carbocycles. The number of aromatic hydroxyl groups is 1. The number of aryl methyl sites for hydroxylation is 1. The summed E-state index contributed by atoms with van der Waals surface area (Å²) in [6, 6.07) is 10.2. The van der Waals surface area contributed by atoms with Crippen LogP contribution in [0, 0.1) is 6.92 Å². The van der Waals surface area contributed by atoms with Gasteiger partial charge in [-0.2, -0.15) is 0 Å². The fraction of sp³-hybridized carbons (Fsp3) is 0.312. The van der Waals surface area contributed by atoms with Crippen molar-refractivity contribution in [2.75, 3.05) is 0 Å². The highest BCUT2D eigenvalue weighted by Crippen LogP contribution is 2.22. The van der Waals surface area contributed by atoms with E-state index >= 15 is 0 Å². The second-order valence-corrected chi connectivity index (χ2v) is 6.48. The number of phenolic OH excluding ortho intramolecular Hbond substituents is 1. The maximum atomic E-state index is 12.1. The van der Waals surface area contributed by atoms with Crippen molar-refractivity contribution in [3.8, 4) is 5.75 Å². The number of rotatable bonds is 5. The molecule has 4 N–H and O–H groups in total. The van der Waals surface area contributed by atoms with Crippen LogP contribution in [0.15, 0.2) is 36.4 Å². The lowest BCUT2D eigenvalue weighted by molar-refractivity contribution is -0.122. The molecule has 1 heterocycles. The minimum Gasteiger partial charge on any atom is -0.508 e. The Kier molecular flexibility index (Phi) is 4.98. The first-order valence-electron chi connectivity index (χ1n) is 6.86. The first-order valence-corrected chi connectivity index (χ1v) is 7.67. The van der Waals surface area contributed by atoms with Gasteiger partial charge in [-0.3, -0.25) is 4.79 Å². The smallest absolute Gasteiger partial charge is 0.237 e. The third-order valence-electron chi connectivity index (χ3n) is 3.28. The van der Waals surface area contributed by atoms with Gasteiger partial charge in [-0.1, -0.05) is 12.1 Å². The molecule has 2 atom stereocenters. The number of thiophene rings is 1. The minimum absolute atomic E-state index is 0.0398. The topological polar surface area (TPSA) is 75.4 Å². The molecule has 4 nitrogen and oxygen atoms in total. The van der Waals surface area contributed by atoms with Crippen LogP contribution in [0.3, 0.4) is 0 Å². The summed E-state index contributed by atoms with van der Waals surface area (Å²) in [4.78, 5) is 14.5. The maximum Gasteiger partial charge on any atom is 0.237 e. The average Bonchev–Trinajstić information content (AvgIpc) is 2.88. The number of hydrogen-bond acceptors (Lipinski definition) is 4. The molecule has 0 bridgehead atoms. The second kappa shape index (κ2) is 6.74. The van der Waals surface area contributed by atoms with Crippen LogP contribution in [0.4, 0.5) is 0 Å². The Hall–Kier alpha value is -1.85. The molecule has 0 fully saturated rings. The first-order chi connectivity index (χ1) is 9.95. The largest absolute Gasteiger partial charge is 0.508 e. The van der Waals surface area contributed by atoms with Crippen molar-refractivity contribution >= 4 is 17.2 Å². The fourth-order valence-corrected chi connectivity index (χ4v) is 2.94. The summed E-state index contributed by atoms with van der Waals surface area (Å²) >= 11 is 1.67. The van der Waals surface area contributed by atoms with Crippen LogP contribution in [0.25, 0.3) is 0 Å². The number of benzene rings is 1. The van der Waals surface area contributed by atoms with Crippen molar-refractivity contribution in [2.45, 2.75) is 32.4 Å². The number of nitrogens with two attached hydrogens (primary N) is 1. The fourth-order valence-electron chi connectivity index (χ4n) is 2.06. The summed E-state index contributed by atoms with van der Waals surface area (Å²) in [6.45, 7) is 4.00. The Bertz CT molecular complexity index is 607. The highest BCUT2D eigenvalue weighted by Gasteiger charge is 2.17. The van der Waals surface area contributed by atoms with Gasteiger partial charge < -0.3 is 16.2 Å². The Balaban J connectivity index is 1.91. The lowest BCUT2D eigenvalue weighted by Gasteiger charge is -2.16. The molecule has 2 rings (SSSR count). The molecule has 1 unspecified atom stereocenters. The molecule has 0 saturated heterocycles. The summed E-state index contributed by atoms with van der Waals surface area (Å²) < 4.78 is 0. The van der Waals surface area contributed by atoms with E-state index in [9.17, 15) is 9.90 Å². The molecule has 21 heavy (non-hydrogen) atoms. The Labute approximate surface area is 128 Å². The molecule has 1 amide bonds. The van der Waals surface area contributed by atoms with E-state index in [1.54, 1.807) is 35.6 Å². The molecule has 0 aliphatic rings. The van der Waals surface area contributed by atoms with E-state index < -0.39 is 6.04 Å². The van der Waals surface area contributed by atoms with Crippen molar-refractivity contribution in [1.29, 1.82) is 0 Å². The standard InChI is InChI=1S/C16H20N2O2S/c1-10-3-8-15(21-10)11(2)18-16(20)14(17)9-12-4-6-13(19)7-5-12/h3-8,11,14,19H,9,17H2,1-2H3,(H,18,20)/t11?,14-/m0/s1. The van der Waals surface area contributed by atoms with Gasteiger partial charge in [0.2, 0.25) is 5.91 Å². The molecular formula is C16H20N2O2S. The maximum absolute atomic E-state index is 12.1. The Morgan fingerprint density at radius 3 is 2.52 bits per heavy atom. The van der Waals surface area contributed by atoms with E-state index in [1.165, 1.54) is 4.88 Å². The quantitative estimate of drug-likeness (QED) is 0.794. The van der Waals surface area contributed by atoms with Gasteiger partial charge in [0.15, 0.2) is 0 Å². The molecule has 0 aliphatic heterocycles. The normalized spacial score (nSPS) is 13.7. The van der Waals surface area contributed by atoms with Crippen LogP contribution in [-0.2, 0) is 11.2 Å². The predicted octanol–water partition coefficient (Wildman–Crippen LogP) is 2.51. The minimum atomic E-state index is -0.599. The molecule has 1 aromatic heterocycles. The molecule has 0 radical (unpaired) electrons. The van der Waals surface area contributed by atoms with Gasteiger partial charge in [0, 0.05) is 9.75 Å². The van der Waals surface area contributed by atoms with E-state index in [1.807, 2.05) is 26.0 Å². The third kappa shape index (κ3) is 4.31. The van der Waals surface area contributed by atoms with Crippen molar-refractivity contribution in [1.82, 2.24) is 5.32 Å². The first kappa shape index (κ1) is 15.5. The molecular weight excluding hydrogens is 284 g/mol. The van der Waals surface area contributed by atoms with Gasteiger partial charge in [0.05, 0.1) is 12.1 Å².